The lowest BCUT2D eigenvalue weighted by molar-refractivity contribution is 0.597. The molecule has 0 saturated carbocycles. The van der Waals surface area contributed by atoms with E-state index in [-0.39, 0.29) is 11.1 Å². The van der Waals surface area contributed by atoms with E-state index in [1.165, 1.54) is 0 Å². The van der Waals surface area contributed by atoms with Gasteiger partial charge < -0.3 is 4.90 Å². The molecule has 1 aromatic carbocycles. The maximum atomic E-state index is 11.6. The molecule has 96 valence electrons. The van der Waals surface area contributed by atoms with Crippen molar-refractivity contribution in [2.24, 2.45) is 0 Å². The summed E-state index contributed by atoms with van der Waals surface area (Å²) in [6.07, 6.45) is 0. The predicted molar refractivity (Wildman–Crippen MR) is 72.8 cm³/mol. The standard InChI is InChI=1S/C12H18ClNO2S/c1-4-17(15,16)12-7-5-11(6-8-12)14(3)9-10(2)13/h5-8,10H,4,9H2,1-3H3. The number of sulfone groups is 1. The lowest BCUT2D eigenvalue weighted by Crippen LogP contribution is -2.24. The van der Waals surface area contributed by atoms with Gasteiger partial charge in [0.05, 0.1) is 10.6 Å². The molecule has 0 fully saturated rings. The van der Waals surface area contributed by atoms with Crippen molar-refractivity contribution in [3.63, 3.8) is 0 Å². The van der Waals surface area contributed by atoms with Gasteiger partial charge in [-0.3, -0.25) is 0 Å². The van der Waals surface area contributed by atoms with Crippen LogP contribution in [0.3, 0.4) is 0 Å². The van der Waals surface area contributed by atoms with Crippen molar-refractivity contribution in [3.8, 4) is 0 Å². The molecule has 3 nitrogen and oxygen atoms in total. The minimum Gasteiger partial charge on any atom is -0.373 e. The molecule has 1 unspecified atom stereocenters. The van der Waals surface area contributed by atoms with Gasteiger partial charge in [0.15, 0.2) is 9.84 Å². The number of halogens is 1. The number of hydrogen-bond donors (Lipinski definition) is 0. The first-order valence-corrected chi connectivity index (χ1v) is 7.63. The second kappa shape index (κ2) is 5.74. The van der Waals surface area contributed by atoms with Gasteiger partial charge in [-0.15, -0.1) is 11.6 Å². The SMILES string of the molecule is CCS(=O)(=O)c1ccc(N(C)CC(C)Cl)cc1. The fourth-order valence-corrected chi connectivity index (χ4v) is 2.65. The Balaban J connectivity index is 2.89. The first-order chi connectivity index (χ1) is 7.86. The molecule has 0 aliphatic rings. The number of nitrogens with zero attached hydrogens (tertiary/aromatic N) is 1. The average Bonchev–Trinajstić information content (AvgIpc) is 2.28. The van der Waals surface area contributed by atoms with Crippen LogP contribution in [0.25, 0.3) is 0 Å². The molecule has 0 saturated heterocycles. The zero-order valence-corrected chi connectivity index (χ0v) is 11.9. The third-order valence-electron chi connectivity index (χ3n) is 2.54. The molecule has 0 radical (unpaired) electrons. The molecule has 0 amide bonds. The van der Waals surface area contributed by atoms with Gasteiger partial charge in [-0.25, -0.2) is 8.42 Å². The van der Waals surface area contributed by atoms with E-state index >= 15 is 0 Å². The highest BCUT2D eigenvalue weighted by molar-refractivity contribution is 7.91. The summed E-state index contributed by atoms with van der Waals surface area (Å²) in [6, 6.07) is 6.90. The Hall–Kier alpha value is -0.740. The van der Waals surface area contributed by atoms with Crippen molar-refractivity contribution in [2.75, 3.05) is 24.2 Å². The Bertz CT molecular complexity index is 454. The fraction of sp³-hybridized carbons (Fsp3) is 0.500. The monoisotopic (exact) mass is 275 g/mol. The van der Waals surface area contributed by atoms with Gasteiger partial charge >= 0.3 is 0 Å². The quantitative estimate of drug-likeness (QED) is 0.775. The lowest BCUT2D eigenvalue weighted by Gasteiger charge is -2.20. The maximum Gasteiger partial charge on any atom is 0.178 e. The summed E-state index contributed by atoms with van der Waals surface area (Å²) in [5.74, 6) is 0.126. The Morgan fingerprint density at radius 2 is 1.82 bits per heavy atom. The maximum absolute atomic E-state index is 11.6. The minimum atomic E-state index is -3.11. The Labute approximate surface area is 108 Å². The van der Waals surface area contributed by atoms with Crippen molar-refractivity contribution >= 4 is 27.1 Å². The van der Waals surface area contributed by atoms with E-state index in [4.69, 9.17) is 11.6 Å². The Morgan fingerprint density at radius 3 is 2.24 bits per heavy atom. The van der Waals surface area contributed by atoms with E-state index in [0.29, 0.717) is 4.90 Å². The van der Waals surface area contributed by atoms with E-state index in [1.54, 1.807) is 19.1 Å². The van der Waals surface area contributed by atoms with E-state index in [1.807, 2.05) is 31.0 Å². The smallest absolute Gasteiger partial charge is 0.178 e. The summed E-state index contributed by atoms with van der Waals surface area (Å²) in [7, 11) is -1.18. The largest absolute Gasteiger partial charge is 0.373 e. The van der Waals surface area contributed by atoms with Crippen LogP contribution >= 0.6 is 11.6 Å². The predicted octanol–water partition coefficient (Wildman–Crippen LogP) is 2.54. The van der Waals surface area contributed by atoms with Gasteiger partial charge in [0.2, 0.25) is 0 Å². The molecule has 0 aliphatic carbocycles. The molecule has 0 aromatic heterocycles. The second-order valence-electron chi connectivity index (χ2n) is 4.06. The van der Waals surface area contributed by atoms with Crippen LogP contribution in [-0.4, -0.2) is 33.1 Å². The van der Waals surface area contributed by atoms with Gasteiger partial charge in [0.25, 0.3) is 0 Å². The molecule has 1 atom stereocenters. The van der Waals surface area contributed by atoms with Crippen molar-refractivity contribution < 1.29 is 8.42 Å². The van der Waals surface area contributed by atoms with Crippen LogP contribution in [0.15, 0.2) is 29.2 Å². The van der Waals surface area contributed by atoms with E-state index in [0.717, 1.165) is 12.2 Å². The van der Waals surface area contributed by atoms with E-state index < -0.39 is 9.84 Å². The van der Waals surface area contributed by atoms with Gasteiger partial charge in [-0.1, -0.05) is 6.92 Å². The van der Waals surface area contributed by atoms with Crippen LogP contribution in [0.4, 0.5) is 5.69 Å². The molecule has 1 rings (SSSR count). The summed E-state index contributed by atoms with van der Waals surface area (Å²) in [6.45, 7) is 4.29. The van der Waals surface area contributed by atoms with Gasteiger partial charge in [0.1, 0.15) is 0 Å². The van der Waals surface area contributed by atoms with Crippen LogP contribution in [0, 0.1) is 0 Å². The summed E-state index contributed by atoms with van der Waals surface area (Å²) in [4.78, 5) is 2.37. The first kappa shape index (κ1) is 14.3. The second-order valence-corrected chi connectivity index (χ2v) is 7.08. The highest BCUT2D eigenvalue weighted by Gasteiger charge is 2.11. The number of alkyl halides is 1. The zero-order valence-electron chi connectivity index (χ0n) is 10.4. The van der Waals surface area contributed by atoms with E-state index in [9.17, 15) is 8.42 Å². The minimum absolute atomic E-state index is 0.0547. The van der Waals surface area contributed by atoms with Gasteiger partial charge in [-0.05, 0) is 31.2 Å². The fourth-order valence-electron chi connectivity index (χ4n) is 1.56. The van der Waals surface area contributed by atoms with Gasteiger partial charge in [0, 0.05) is 24.7 Å². The summed E-state index contributed by atoms with van der Waals surface area (Å²) in [5, 5.41) is 0.0547. The summed E-state index contributed by atoms with van der Waals surface area (Å²) >= 11 is 5.91. The lowest BCUT2D eigenvalue weighted by atomic mass is 10.3. The van der Waals surface area contributed by atoms with Crippen LogP contribution in [-0.2, 0) is 9.84 Å². The number of rotatable bonds is 5. The number of hydrogen-bond acceptors (Lipinski definition) is 3. The summed E-state index contributed by atoms with van der Waals surface area (Å²) < 4.78 is 23.3. The first-order valence-electron chi connectivity index (χ1n) is 5.55. The highest BCUT2D eigenvalue weighted by Crippen LogP contribution is 2.18. The third kappa shape index (κ3) is 3.89. The Kier molecular flexibility index (Phi) is 4.83. The normalized spacial score (nSPS) is 13.4. The molecular formula is C12H18ClNO2S. The molecule has 0 heterocycles. The van der Waals surface area contributed by atoms with Crippen LogP contribution in [0.1, 0.15) is 13.8 Å². The highest BCUT2D eigenvalue weighted by atomic mass is 35.5. The van der Waals surface area contributed by atoms with Gasteiger partial charge in [-0.2, -0.15) is 0 Å². The van der Waals surface area contributed by atoms with Crippen molar-refractivity contribution in [1.29, 1.82) is 0 Å². The molecular weight excluding hydrogens is 258 g/mol. The topological polar surface area (TPSA) is 37.4 Å². The molecule has 1 aromatic rings. The van der Waals surface area contributed by atoms with Crippen molar-refractivity contribution in [2.45, 2.75) is 24.1 Å². The molecule has 0 N–H and O–H groups in total. The van der Waals surface area contributed by atoms with Crippen LogP contribution in [0.5, 0.6) is 0 Å². The molecule has 17 heavy (non-hydrogen) atoms. The molecule has 0 aliphatic heterocycles. The Morgan fingerprint density at radius 1 is 1.29 bits per heavy atom. The van der Waals surface area contributed by atoms with Crippen LogP contribution in [0.2, 0.25) is 0 Å². The number of benzene rings is 1. The zero-order chi connectivity index (χ0) is 13.1. The summed E-state index contributed by atoms with van der Waals surface area (Å²) in [5.41, 5.74) is 0.965. The average molecular weight is 276 g/mol. The van der Waals surface area contributed by atoms with Crippen molar-refractivity contribution in [3.05, 3.63) is 24.3 Å². The third-order valence-corrected chi connectivity index (χ3v) is 4.43. The molecule has 0 bridgehead atoms. The molecule has 5 heteroatoms. The van der Waals surface area contributed by atoms with Crippen LogP contribution < -0.4 is 4.90 Å². The molecule has 0 spiro atoms. The number of anilines is 1. The van der Waals surface area contributed by atoms with E-state index in [2.05, 4.69) is 0 Å². The van der Waals surface area contributed by atoms with Crippen molar-refractivity contribution in [1.82, 2.24) is 0 Å².